The summed E-state index contributed by atoms with van der Waals surface area (Å²) < 4.78 is 10.8. The molecular formula is C30H34N2O3. The molecule has 0 aliphatic carbocycles. The molecule has 1 fully saturated rings. The third-order valence-electron chi connectivity index (χ3n) is 6.54. The highest BCUT2D eigenvalue weighted by Gasteiger charge is 2.16. The summed E-state index contributed by atoms with van der Waals surface area (Å²) >= 11 is 0. The Morgan fingerprint density at radius 1 is 0.943 bits per heavy atom. The molecule has 1 N–H and O–H groups in total. The molecule has 1 saturated heterocycles. The second-order valence-electron chi connectivity index (χ2n) is 9.15. The van der Waals surface area contributed by atoms with Crippen molar-refractivity contribution < 1.29 is 14.3 Å². The van der Waals surface area contributed by atoms with Gasteiger partial charge in [0, 0.05) is 17.8 Å². The summed E-state index contributed by atoms with van der Waals surface area (Å²) in [6, 6.07) is 23.5. The lowest BCUT2D eigenvalue weighted by Gasteiger charge is -2.30. The van der Waals surface area contributed by atoms with E-state index in [0.29, 0.717) is 17.1 Å². The normalized spacial score (nSPS) is 15.0. The van der Waals surface area contributed by atoms with E-state index in [4.69, 9.17) is 9.47 Å². The minimum atomic E-state index is -0.163. The number of carbonyl (C=O) groups is 1. The first-order valence-corrected chi connectivity index (χ1v) is 12.2. The molecule has 0 aromatic heterocycles. The van der Waals surface area contributed by atoms with Gasteiger partial charge in [0.15, 0.2) is 11.5 Å². The van der Waals surface area contributed by atoms with Gasteiger partial charge >= 0.3 is 0 Å². The van der Waals surface area contributed by atoms with Crippen molar-refractivity contribution in [3.63, 3.8) is 0 Å². The third kappa shape index (κ3) is 6.52. The lowest BCUT2D eigenvalue weighted by Crippen LogP contribution is -2.32. The molecule has 0 spiro atoms. The summed E-state index contributed by atoms with van der Waals surface area (Å²) in [5.74, 6) is 1.93. The van der Waals surface area contributed by atoms with Crippen LogP contribution in [0.15, 0.2) is 72.8 Å². The van der Waals surface area contributed by atoms with E-state index < -0.39 is 0 Å². The summed E-state index contributed by atoms with van der Waals surface area (Å²) in [4.78, 5) is 15.9. The van der Waals surface area contributed by atoms with Gasteiger partial charge in [-0.15, -0.1) is 0 Å². The molecule has 1 amide bonds. The van der Waals surface area contributed by atoms with E-state index in [1.54, 1.807) is 14.2 Å². The lowest BCUT2D eigenvalue weighted by atomic mass is 9.99. The smallest absolute Gasteiger partial charge is 0.256 e. The van der Waals surface area contributed by atoms with Crippen LogP contribution in [0.2, 0.25) is 0 Å². The number of carbonyl (C=O) groups excluding carboxylic acids is 1. The van der Waals surface area contributed by atoms with Gasteiger partial charge in [-0.25, -0.2) is 0 Å². The van der Waals surface area contributed by atoms with Crippen molar-refractivity contribution in [3.05, 3.63) is 89.5 Å². The number of methoxy groups -OCH3 is 2. The zero-order valence-corrected chi connectivity index (χ0v) is 20.8. The number of anilines is 1. The van der Waals surface area contributed by atoms with E-state index in [-0.39, 0.29) is 5.91 Å². The Balaban J connectivity index is 1.52. The number of piperidine rings is 1. The van der Waals surface area contributed by atoms with Gasteiger partial charge in [0.05, 0.1) is 14.2 Å². The number of ether oxygens (including phenoxy) is 2. The zero-order chi connectivity index (χ0) is 24.6. The first-order chi connectivity index (χ1) is 17.1. The number of hydrogen-bond donors (Lipinski definition) is 1. The van der Waals surface area contributed by atoms with Crippen LogP contribution in [0.25, 0.3) is 11.6 Å². The van der Waals surface area contributed by atoms with Crippen LogP contribution in [0.1, 0.15) is 36.5 Å². The van der Waals surface area contributed by atoms with E-state index >= 15 is 0 Å². The van der Waals surface area contributed by atoms with E-state index in [1.165, 1.54) is 18.4 Å². The van der Waals surface area contributed by atoms with Crippen molar-refractivity contribution in [2.24, 2.45) is 5.92 Å². The first-order valence-electron chi connectivity index (χ1n) is 12.2. The predicted octanol–water partition coefficient (Wildman–Crippen LogP) is 6.12. The third-order valence-corrected chi connectivity index (χ3v) is 6.54. The molecule has 1 aliphatic rings. The number of benzene rings is 3. The Morgan fingerprint density at radius 3 is 2.29 bits per heavy atom. The van der Waals surface area contributed by atoms with E-state index in [0.717, 1.165) is 42.4 Å². The van der Waals surface area contributed by atoms with Crippen LogP contribution < -0.4 is 14.8 Å². The average Bonchev–Trinajstić information content (AvgIpc) is 2.90. The van der Waals surface area contributed by atoms with E-state index in [2.05, 4.69) is 29.3 Å². The SMILES string of the molecule is COc1ccc(/C=C(/C(=O)Nc2ccc(CN3CCC(C)CC3)cc2)c2ccccc2)cc1OC. The van der Waals surface area contributed by atoms with Crippen LogP contribution in [0, 0.1) is 5.92 Å². The van der Waals surface area contributed by atoms with Crippen LogP contribution in [-0.2, 0) is 11.3 Å². The van der Waals surface area contributed by atoms with Crippen molar-refractivity contribution in [3.8, 4) is 11.5 Å². The molecule has 1 heterocycles. The highest BCUT2D eigenvalue weighted by molar-refractivity contribution is 6.29. The van der Waals surface area contributed by atoms with Gasteiger partial charge < -0.3 is 14.8 Å². The Kier molecular flexibility index (Phi) is 8.22. The maximum absolute atomic E-state index is 13.4. The molecule has 0 saturated carbocycles. The van der Waals surface area contributed by atoms with Crippen molar-refractivity contribution in [2.75, 3.05) is 32.6 Å². The summed E-state index contributed by atoms with van der Waals surface area (Å²) in [5, 5.41) is 3.07. The molecule has 3 aromatic carbocycles. The van der Waals surface area contributed by atoms with Gasteiger partial charge in [-0.05, 0) is 78.9 Å². The molecule has 35 heavy (non-hydrogen) atoms. The Bertz CT molecular complexity index is 1150. The van der Waals surface area contributed by atoms with Gasteiger partial charge in [-0.2, -0.15) is 0 Å². The fraction of sp³-hybridized carbons (Fsp3) is 0.300. The van der Waals surface area contributed by atoms with Gasteiger partial charge in [-0.1, -0.05) is 55.5 Å². The van der Waals surface area contributed by atoms with Crippen molar-refractivity contribution >= 4 is 23.2 Å². The second kappa shape index (κ2) is 11.7. The van der Waals surface area contributed by atoms with Gasteiger partial charge in [-0.3, -0.25) is 9.69 Å². The molecule has 1 aliphatic heterocycles. The summed E-state index contributed by atoms with van der Waals surface area (Å²) in [7, 11) is 3.21. The fourth-order valence-electron chi connectivity index (χ4n) is 4.38. The van der Waals surface area contributed by atoms with E-state index in [1.807, 2.05) is 66.7 Å². The van der Waals surface area contributed by atoms with Crippen LogP contribution in [0.3, 0.4) is 0 Å². The molecule has 182 valence electrons. The first kappa shape index (κ1) is 24.6. The summed E-state index contributed by atoms with van der Waals surface area (Å²) in [5.41, 5.74) is 4.31. The second-order valence-corrected chi connectivity index (χ2v) is 9.15. The summed E-state index contributed by atoms with van der Waals surface area (Å²) in [6.45, 7) is 5.59. The number of likely N-dealkylation sites (tertiary alicyclic amines) is 1. The molecule has 0 unspecified atom stereocenters. The Labute approximate surface area is 208 Å². The number of nitrogens with one attached hydrogen (secondary N) is 1. The minimum absolute atomic E-state index is 0.163. The number of rotatable bonds is 8. The monoisotopic (exact) mass is 470 g/mol. The number of nitrogens with zero attached hydrogens (tertiary/aromatic N) is 1. The standard InChI is InChI=1S/C30H34N2O3/c1-22-15-17-32(18-16-22)21-23-9-12-26(13-10-23)31-30(33)27(25-7-5-4-6-8-25)19-24-11-14-28(34-2)29(20-24)35-3/h4-14,19-20,22H,15-18,21H2,1-3H3,(H,31,33)/b27-19+. The molecular weight excluding hydrogens is 436 g/mol. The molecule has 0 bridgehead atoms. The van der Waals surface area contributed by atoms with Crippen molar-refractivity contribution in [2.45, 2.75) is 26.3 Å². The van der Waals surface area contributed by atoms with Gasteiger partial charge in [0.25, 0.3) is 5.91 Å². The molecule has 5 heteroatoms. The van der Waals surface area contributed by atoms with Gasteiger partial charge in [0.2, 0.25) is 0 Å². The van der Waals surface area contributed by atoms with Crippen molar-refractivity contribution in [1.29, 1.82) is 0 Å². The fourth-order valence-corrected chi connectivity index (χ4v) is 4.38. The highest BCUT2D eigenvalue weighted by atomic mass is 16.5. The quantitative estimate of drug-likeness (QED) is 0.319. The number of hydrogen-bond acceptors (Lipinski definition) is 4. The maximum Gasteiger partial charge on any atom is 0.256 e. The number of amides is 1. The Morgan fingerprint density at radius 2 is 1.63 bits per heavy atom. The molecule has 0 radical (unpaired) electrons. The average molecular weight is 471 g/mol. The molecule has 5 nitrogen and oxygen atoms in total. The van der Waals surface area contributed by atoms with Gasteiger partial charge in [0.1, 0.15) is 0 Å². The Hall–Kier alpha value is -3.57. The van der Waals surface area contributed by atoms with Crippen LogP contribution in [-0.4, -0.2) is 38.1 Å². The van der Waals surface area contributed by atoms with Crippen LogP contribution >= 0.6 is 0 Å². The molecule has 0 atom stereocenters. The highest BCUT2D eigenvalue weighted by Crippen LogP contribution is 2.30. The molecule has 4 rings (SSSR count). The predicted molar refractivity (Wildman–Crippen MR) is 143 cm³/mol. The lowest BCUT2D eigenvalue weighted by molar-refractivity contribution is -0.111. The van der Waals surface area contributed by atoms with Crippen molar-refractivity contribution in [1.82, 2.24) is 4.90 Å². The van der Waals surface area contributed by atoms with Crippen LogP contribution in [0.5, 0.6) is 11.5 Å². The summed E-state index contributed by atoms with van der Waals surface area (Å²) in [6.07, 6.45) is 4.41. The van der Waals surface area contributed by atoms with E-state index in [9.17, 15) is 4.79 Å². The van der Waals surface area contributed by atoms with Crippen LogP contribution in [0.4, 0.5) is 5.69 Å². The maximum atomic E-state index is 13.4. The zero-order valence-electron chi connectivity index (χ0n) is 20.8. The molecule has 3 aromatic rings. The topological polar surface area (TPSA) is 50.8 Å². The minimum Gasteiger partial charge on any atom is -0.493 e. The largest absolute Gasteiger partial charge is 0.493 e.